The van der Waals surface area contributed by atoms with Gasteiger partial charge in [0.05, 0.1) is 30.1 Å². The second-order valence-corrected chi connectivity index (χ2v) is 4.96. The molecule has 0 unspecified atom stereocenters. The van der Waals surface area contributed by atoms with E-state index in [1.165, 1.54) is 0 Å². The quantitative estimate of drug-likeness (QED) is 0.748. The van der Waals surface area contributed by atoms with Crippen LogP contribution >= 0.6 is 55.1 Å². The third-order valence-electron chi connectivity index (χ3n) is 1.69. The van der Waals surface area contributed by atoms with Crippen molar-refractivity contribution in [2.75, 3.05) is 0 Å². The molecule has 4 nitrogen and oxygen atoms in total. The minimum absolute atomic E-state index is 0.0321. The van der Waals surface area contributed by atoms with Gasteiger partial charge in [0, 0.05) is 0 Å². The van der Waals surface area contributed by atoms with Gasteiger partial charge in [-0.25, -0.2) is 9.59 Å². The molecule has 1 aromatic carbocycles. The fourth-order valence-electron chi connectivity index (χ4n) is 1.01. The first kappa shape index (κ1) is 13.8. The summed E-state index contributed by atoms with van der Waals surface area (Å²) in [6.45, 7) is 0. The van der Waals surface area contributed by atoms with E-state index in [9.17, 15) is 9.59 Å². The lowest BCUT2D eigenvalue weighted by molar-refractivity contribution is 0.0679. The zero-order chi connectivity index (χ0) is 12.6. The first-order valence-electron chi connectivity index (χ1n) is 3.61. The molecule has 0 saturated carbocycles. The van der Waals surface area contributed by atoms with Crippen LogP contribution in [0.25, 0.3) is 0 Å². The van der Waals surface area contributed by atoms with Crippen molar-refractivity contribution in [1.82, 2.24) is 0 Å². The topological polar surface area (TPSA) is 74.6 Å². The molecule has 86 valence electrons. The Kier molecular flexibility index (Phi) is 4.23. The van der Waals surface area contributed by atoms with Gasteiger partial charge in [-0.15, -0.1) is 0 Å². The number of carboxylic acids is 2. The van der Waals surface area contributed by atoms with Gasteiger partial charge in [-0.05, 0) is 31.9 Å². The Morgan fingerprint density at radius 1 is 0.875 bits per heavy atom. The highest BCUT2D eigenvalue weighted by Crippen LogP contribution is 2.41. The van der Waals surface area contributed by atoms with Gasteiger partial charge in [0.2, 0.25) is 0 Å². The third kappa shape index (κ3) is 2.20. The van der Waals surface area contributed by atoms with Gasteiger partial charge >= 0.3 is 11.9 Å². The van der Waals surface area contributed by atoms with Crippen molar-refractivity contribution in [1.29, 1.82) is 0 Å². The second kappa shape index (κ2) is 4.91. The van der Waals surface area contributed by atoms with Crippen LogP contribution in [0.15, 0.2) is 8.95 Å². The first-order chi connectivity index (χ1) is 7.29. The minimum atomic E-state index is -1.34. The average molecular weight is 393 g/mol. The fourth-order valence-corrected chi connectivity index (χ4v) is 2.99. The van der Waals surface area contributed by atoms with Crippen molar-refractivity contribution >= 4 is 67.0 Å². The molecule has 0 spiro atoms. The predicted molar refractivity (Wildman–Crippen MR) is 65.8 cm³/mol. The van der Waals surface area contributed by atoms with Gasteiger partial charge in [0.1, 0.15) is 0 Å². The molecule has 0 aliphatic carbocycles. The van der Waals surface area contributed by atoms with Crippen LogP contribution < -0.4 is 0 Å². The van der Waals surface area contributed by atoms with Crippen LogP contribution in [0.1, 0.15) is 20.7 Å². The lowest BCUT2D eigenvalue weighted by atomic mass is 10.1. The molecule has 2 N–H and O–H groups in total. The summed E-state index contributed by atoms with van der Waals surface area (Å²) in [6, 6.07) is 0. The van der Waals surface area contributed by atoms with Crippen molar-refractivity contribution in [2.24, 2.45) is 0 Å². The first-order valence-corrected chi connectivity index (χ1v) is 5.95. The maximum atomic E-state index is 10.9. The molecular formula is C8H2Br2Cl2O4. The van der Waals surface area contributed by atoms with Crippen molar-refractivity contribution < 1.29 is 19.8 Å². The lowest BCUT2D eigenvalue weighted by Crippen LogP contribution is -2.06. The monoisotopic (exact) mass is 390 g/mol. The van der Waals surface area contributed by atoms with Crippen LogP contribution in [-0.4, -0.2) is 22.2 Å². The molecule has 0 aliphatic heterocycles. The molecule has 0 aliphatic rings. The van der Waals surface area contributed by atoms with E-state index in [2.05, 4.69) is 31.9 Å². The fraction of sp³-hybridized carbons (Fsp3) is 0. The summed E-state index contributed by atoms with van der Waals surface area (Å²) < 4.78 is -0.0642. The standard InChI is InChI=1S/C8H2Br2Cl2O4/c9-3-1(7(13)14)4(10)6(12)2(5(3)11)8(15)16/h(H,13,14)(H,15,16). The lowest BCUT2D eigenvalue weighted by Gasteiger charge is -2.10. The molecule has 0 bridgehead atoms. The molecule has 0 aromatic heterocycles. The summed E-state index contributed by atoms with van der Waals surface area (Å²) >= 11 is 17.3. The third-order valence-corrected chi connectivity index (χ3v) is 4.49. The Morgan fingerprint density at radius 3 is 1.44 bits per heavy atom. The highest BCUT2D eigenvalue weighted by molar-refractivity contribution is 9.11. The molecule has 0 saturated heterocycles. The zero-order valence-corrected chi connectivity index (χ0v) is 11.9. The zero-order valence-electron chi connectivity index (χ0n) is 7.22. The molecule has 0 atom stereocenters. The Labute approximate surface area is 116 Å². The Bertz CT molecular complexity index is 427. The van der Waals surface area contributed by atoms with E-state index in [1.54, 1.807) is 0 Å². The van der Waals surface area contributed by atoms with Crippen molar-refractivity contribution in [3.63, 3.8) is 0 Å². The maximum Gasteiger partial charge on any atom is 0.338 e. The number of benzene rings is 1. The number of carbonyl (C=O) groups is 2. The van der Waals surface area contributed by atoms with Crippen LogP contribution in [0.2, 0.25) is 10.0 Å². The van der Waals surface area contributed by atoms with E-state index in [-0.39, 0.29) is 30.1 Å². The van der Waals surface area contributed by atoms with E-state index in [0.29, 0.717) is 0 Å². The number of carboxylic acid groups (broad SMARTS) is 2. The van der Waals surface area contributed by atoms with Crippen LogP contribution in [-0.2, 0) is 0 Å². The second-order valence-electron chi connectivity index (χ2n) is 2.62. The Morgan fingerprint density at radius 2 is 1.19 bits per heavy atom. The largest absolute Gasteiger partial charge is 0.478 e. The van der Waals surface area contributed by atoms with Crippen LogP contribution in [0.5, 0.6) is 0 Å². The van der Waals surface area contributed by atoms with Crippen molar-refractivity contribution in [3.05, 3.63) is 30.1 Å². The maximum absolute atomic E-state index is 10.9. The predicted octanol–water partition coefficient (Wildman–Crippen LogP) is 3.91. The normalized spacial score (nSPS) is 10.2. The number of hydrogen-bond donors (Lipinski definition) is 2. The summed E-state index contributed by atoms with van der Waals surface area (Å²) in [7, 11) is 0. The van der Waals surface area contributed by atoms with Crippen molar-refractivity contribution in [3.8, 4) is 0 Å². The highest BCUT2D eigenvalue weighted by Gasteiger charge is 2.26. The van der Waals surface area contributed by atoms with Crippen LogP contribution in [0, 0.1) is 0 Å². The minimum Gasteiger partial charge on any atom is -0.478 e. The Hall–Kier alpha value is -0.300. The average Bonchev–Trinajstić information content (AvgIpc) is 2.14. The van der Waals surface area contributed by atoms with Gasteiger partial charge in [-0.2, -0.15) is 0 Å². The summed E-state index contributed by atoms with van der Waals surface area (Å²) in [5, 5.41) is 17.3. The smallest absolute Gasteiger partial charge is 0.338 e. The van der Waals surface area contributed by atoms with Gasteiger partial charge < -0.3 is 10.2 Å². The van der Waals surface area contributed by atoms with Crippen LogP contribution in [0.3, 0.4) is 0 Å². The molecule has 1 rings (SSSR count). The summed E-state index contributed by atoms with van der Waals surface area (Å²) in [6.07, 6.45) is 0. The molecule has 0 radical (unpaired) electrons. The van der Waals surface area contributed by atoms with E-state index in [4.69, 9.17) is 33.4 Å². The van der Waals surface area contributed by atoms with Gasteiger partial charge in [0.25, 0.3) is 0 Å². The number of aromatic carboxylic acids is 2. The van der Waals surface area contributed by atoms with E-state index < -0.39 is 11.9 Å². The number of hydrogen-bond acceptors (Lipinski definition) is 2. The van der Waals surface area contributed by atoms with E-state index >= 15 is 0 Å². The molecule has 16 heavy (non-hydrogen) atoms. The van der Waals surface area contributed by atoms with Crippen LogP contribution in [0.4, 0.5) is 0 Å². The van der Waals surface area contributed by atoms with Gasteiger partial charge in [0.15, 0.2) is 0 Å². The molecule has 0 amide bonds. The van der Waals surface area contributed by atoms with E-state index in [0.717, 1.165) is 0 Å². The molecule has 0 heterocycles. The van der Waals surface area contributed by atoms with Crippen molar-refractivity contribution in [2.45, 2.75) is 0 Å². The SMILES string of the molecule is O=C(O)c1c(Cl)c(Br)c(C(=O)O)c(Br)c1Cl. The Balaban J connectivity index is 3.77. The summed E-state index contributed by atoms with van der Waals surface area (Å²) in [5.41, 5.74) is -0.577. The number of rotatable bonds is 2. The summed E-state index contributed by atoms with van der Waals surface area (Å²) in [4.78, 5) is 21.8. The number of halogens is 4. The molecule has 0 fully saturated rings. The van der Waals surface area contributed by atoms with E-state index in [1.807, 2.05) is 0 Å². The van der Waals surface area contributed by atoms with Gasteiger partial charge in [-0.1, -0.05) is 23.2 Å². The molecule has 1 aromatic rings. The summed E-state index contributed by atoms with van der Waals surface area (Å²) in [5.74, 6) is -2.62. The molecule has 8 heteroatoms. The molecular weight excluding hydrogens is 391 g/mol. The highest BCUT2D eigenvalue weighted by atomic mass is 79.9. The van der Waals surface area contributed by atoms with Gasteiger partial charge in [-0.3, -0.25) is 0 Å².